The zero-order chi connectivity index (χ0) is 13.7. The molecule has 0 aliphatic rings. The number of hydrogen-bond donors (Lipinski definition) is 1. The van der Waals surface area contributed by atoms with Gasteiger partial charge < -0.3 is 9.88 Å². The zero-order valence-electron chi connectivity index (χ0n) is 11.7. The van der Waals surface area contributed by atoms with E-state index in [1.165, 1.54) is 5.39 Å². The van der Waals surface area contributed by atoms with Crippen LogP contribution in [0, 0.1) is 17.2 Å². The topological polar surface area (TPSA) is 40.8 Å². The van der Waals surface area contributed by atoms with E-state index in [9.17, 15) is 0 Å². The van der Waals surface area contributed by atoms with Gasteiger partial charge in [-0.3, -0.25) is 0 Å². The molecule has 0 saturated heterocycles. The van der Waals surface area contributed by atoms with E-state index in [0.29, 0.717) is 5.92 Å². The Morgan fingerprint density at radius 1 is 1.32 bits per heavy atom. The van der Waals surface area contributed by atoms with Gasteiger partial charge in [0.05, 0.1) is 11.6 Å². The van der Waals surface area contributed by atoms with Crippen LogP contribution in [0.4, 0.5) is 0 Å². The van der Waals surface area contributed by atoms with Crippen LogP contribution < -0.4 is 5.32 Å². The van der Waals surface area contributed by atoms with Crippen LogP contribution in [0.15, 0.2) is 30.5 Å². The summed E-state index contributed by atoms with van der Waals surface area (Å²) in [6.45, 7) is 7.54. The van der Waals surface area contributed by atoms with Gasteiger partial charge in [0.15, 0.2) is 0 Å². The van der Waals surface area contributed by atoms with Gasteiger partial charge in [0.1, 0.15) is 0 Å². The lowest BCUT2D eigenvalue weighted by Gasteiger charge is -2.08. The lowest BCUT2D eigenvalue weighted by Crippen LogP contribution is -2.21. The Morgan fingerprint density at radius 2 is 2.16 bits per heavy atom. The summed E-state index contributed by atoms with van der Waals surface area (Å²) in [5, 5.41) is 13.6. The van der Waals surface area contributed by atoms with Crippen LogP contribution >= 0.6 is 0 Å². The maximum atomic E-state index is 8.95. The lowest BCUT2D eigenvalue weighted by molar-refractivity contribution is 0.525. The highest BCUT2D eigenvalue weighted by Crippen LogP contribution is 2.17. The number of nitriles is 1. The number of aromatic nitrogens is 1. The summed E-state index contributed by atoms with van der Waals surface area (Å²) in [5.74, 6) is 0.700. The van der Waals surface area contributed by atoms with E-state index in [2.05, 4.69) is 42.1 Å². The van der Waals surface area contributed by atoms with Crippen LogP contribution in [0.5, 0.6) is 0 Å². The summed E-state index contributed by atoms with van der Waals surface area (Å²) in [6, 6.07) is 10.2. The average molecular weight is 255 g/mol. The molecule has 1 heterocycles. The minimum absolute atomic E-state index is 0.700. The Labute approximate surface area is 114 Å². The van der Waals surface area contributed by atoms with Crippen LogP contribution in [0.2, 0.25) is 0 Å². The first kappa shape index (κ1) is 13.6. The summed E-state index contributed by atoms with van der Waals surface area (Å²) >= 11 is 0. The second kappa shape index (κ2) is 6.40. The predicted octanol–water partition coefficient (Wildman–Crippen LogP) is 3.15. The van der Waals surface area contributed by atoms with Gasteiger partial charge in [-0.25, -0.2) is 0 Å². The number of aryl methyl sites for hydroxylation is 1. The zero-order valence-corrected chi connectivity index (χ0v) is 11.7. The van der Waals surface area contributed by atoms with Gasteiger partial charge in [0, 0.05) is 18.3 Å². The monoisotopic (exact) mass is 255 g/mol. The van der Waals surface area contributed by atoms with Gasteiger partial charge in [0.2, 0.25) is 0 Å². The molecule has 2 aromatic rings. The fourth-order valence-electron chi connectivity index (χ4n) is 2.21. The Kier molecular flexibility index (Phi) is 4.59. The van der Waals surface area contributed by atoms with Crippen molar-refractivity contribution in [2.24, 2.45) is 5.92 Å². The number of nitrogens with one attached hydrogen (secondary N) is 1. The van der Waals surface area contributed by atoms with Gasteiger partial charge in [-0.2, -0.15) is 5.26 Å². The Hall–Kier alpha value is -1.79. The molecule has 0 spiro atoms. The Balaban J connectivity index is 1.95. The Bertz CT molecular complexity index is 575. The summed E-state index contributed by atoms with van der Waals surface area (Å²) in [6.07, 6.45) is 3.21. The average Bonchev–Trinajstić information content (AvgIpc) is 2.80. The maximum absolute atomic E-state index is 8.95. The number of hydrogen-bond acceptors (Lipinski definition) is 2. The van der Waals surface area contributed by atoms with E-state index in [0.717, 1.165) is 37.1 Å². The van der Waals surface area contributed by atoms with Crippen LogP contribution in [0.25, 0.3) is 10.9 Å². The number of fused-ring (bicyclic) bond motifs is 1. The highest BCUT2D eigenvalue weighted by atomic mass is 15.0. The molecule has 1 aromatic heterocycles. The molecule has 0 atom stereocenters. The molecule has 100 valence electrons. The van der Waals surface area contributed by atoms with Crippen LogP contribution in [0.3, 0.4) is 0 Å². The van der Waals surface area contributed by atoms with E-state index in [-0.39, 0.29) is 0 Å². The minimum Gasteiger partial charge on any atom is -0.347 e. The first-order chi connectivity index (χ1) is 9.20. The molecular formula is C16H21N3. The third-order valence-electron chi connectivity index (χ3n) is 3.21. The highest BCUT2D eigenvalue weighted by Gasteiger charge is 2.02. The van der Waals surface area contributed by atoms with Crippen LogP contribution in [-0.4, -0.2) is 17.7 Å². The minimum atomic E-state index is 0.700. The normalized spacial score (nSPS) is 11.1. The van der Waals surface area contributed by atoms with Crippen molar-refractivity contribution in [3.8, 4) is 6.07 Å². The number of benzene rings is 1. The third-order valence-corrected chi connectivity index (χ3v) is 3.21. The SMILES string of the molecule is CC(C)CNCCCn1ccc2ccc(C#N)cc21. The number of nitrogens with zero attached hydrogens (tertiary/aromatic N) is 2. The molecule has 2 rings (SSSR count). The van der Waals surface area contributed by atoms with Crippen LogP contribution in [0.1, 0.15) is 25.8 Å². The highest BCUT2D eigenvalue weighted by molar-refractivity contribution is 5.81. The molecule has 3 nitrogen and oxygen atoms in total. The van der Waals surface area contributed by atoms with E-state index < -0.39 is 0 Å². The molecule has 1 N–H and O–H groups in total. The van der Waals surface area contributed by atoms with E-state index in [4.69, 9.17) is 5.26 Å². The first-order valence-corrected chi connectivity index (χ1v) is 6.90. The van der Waals surface area contributed by atoms with Crippen LogP contribution in [-0.2, 0) is 6.54 Å². The summed E-state index contributed by atoms with van der Waals surface area (Å²) in [4.78, 5) is 0. The van der Waals surface area contributed by atoms with Crippen molar-refractivity contribution in [3.05, 3.63) is 36.0 Å². The van der Waals surface area contributed by atoms with Gasteiger partial charge >= 0.3 is 0 Å². The van der Waals surface area contributed by atoms with Crippen molar-refractivity contribution in [3.63, 3.8) is 0 Å². The standard InChI is InChI=1S/C16H21N3/c1-13(2)12-18-7-3-8-19-9-6-15-5-4-14(11-17)10-16(15)19/h4-6,9-10,13,18H,3,7-8,12H2,1-2H3. The molecule has 0 amide bonds. The van der Waals surface area contributed by atoms with Gasteiger partial charge in [0.25, 0.3) is 0 Å². The molecular weight excluding hydrogens is 234 g/mol. The maximum Gasteiger partial charge on any atom is 0.0992 e. The molecule has 3 heteroatoms. The largest absolute Gasteiger partial charge is 0.347 e. The van der Waals surface area contributed by atoms with Crippen molar-refractivity contribution < 1.29 is 0 Å². The van der Waals surface area contributed by atoms with Gasteiger partial charge in [-0.15, -0.1) is 0 Å². The molecule has 0 aliphatic heterocycles. The van der Waals surface area contributed by atoms with Gasteiger partial charge in [-0.05, 0) is 49.0 Å². The predicted molar refractivity (Wildman–Crippen MR) is 79.0 cm³/mol. The fourth-order valence-corrected chi connectivity index (χ4v) is 2.21. The van der Waals surface area contributed by atoms with Crippen molar-refractivity contribution in [2.75, 3.05) is 13.1 Å². The summed E-state index contributed by atoms with van der Waals surface area (Å²) in [7, 11) is 0. The molecule has 1 aromatic carbocycles. The second-order valence-electron chi connectivity index (χ2n) is 5.35. The molecule has 19 heavy (non-hydrogen) atoms. The smallest absolute Gasteiger partial charge is 0.0992 e. The third kappa shape index (κ3) is 3.59. The van der Waals surface area contributed by atoms with E-state index in [1.54, 1.807) is 0 Å². The van der Waals surface area contributed by atoms with Crippen molar-refractivity contribution in [1.82, 2.24) is 9.88 Å². The summed E-state index contributed by atoms with van der Waals surface area (Å²) < 4.78 is 2.23. The van der Waals surface area contributed by atoms with E-state index >= 15 is 0 Å². The fraction of sp³-hybridized carbons (Fsp3) is 0.438. The second-order valence-corrected chi connectivity index (χ2v) is 5.35. The lowest BCUT2D eigenvalue weighted by atomic mass is 10.2. The molecule has 0 radical (unpaired) electrons. The first-order valence-electron chi connectivity index (χ1n) is 6.90. The molecule has 0 bridgehead atoms. The number of rotatable bonds is 6. The van der Waals surface area contributed by atoms with Crippen molar-refractivity contribution in [2.45, 2.75) is 26.8 Å². The quantitative estimate of drug-likeness (QED) is 0.806. The summed E-state index contributed by atoms with van der Waals surface area (Å²) in [5.41, 5.74) is 1.88. The molecule has 0 unspecified atom stereocenters. The molecule has 0 fully saturated rings. The van der Waals surface area contributed by atoms with E-state index in [1.807, 2.05) is 18.2 Å². The molecule has 0 saturated carbocycles. The van der Waals surface area contributed by atoms with Crippen molar-refractivity contribution in [1.29, 1.82) is 5.26 Å². The Morgan fingerprint density at radius 3 is 2.89 bits per heavy atom. The molecule has 0 aliphatic carbocycles. The van der Waals surface area contributed by atoms with Gasteiger partial charge in [-0.1, -0.05) is 19.9 Å². The van der Waals surface area contributed by atoms with Crippen molar-refractivity contribution >= 4 is 10.9 Å².